The van der Waals surface area contributed by atoms with Crippen molar-refractivity contribution in [3.05, 3.63) is 69.7 Å². The van der Waals surface area contributed by atoms with Crippen molar-refractivity contribution < 1.29 is 27.5 Å². The molecule has 1 N–H and O–H groups in total. The zero-order valence-corrected chi connectivity index (χ0v) is 20.5. The molecule has 35 heavy (non-hydrogen) atoms. The van der Waals surface area contributed by atoms with Gasteiger partial charge < -0.3 is 15.0 Å². The lowest BCUT2D eigenvalue weighted by atomic mass is 9.62. The van der Waals surface area contributed by atoms with Gasteiger partial charge in [-0.2, -0.15) is 13.2 Å². The molecule has 0 aliphatic carbocycles. The quantitative estimate of drug-likeness (QED) is 0.584. The van der Waals surface area contributed by atoms with Crippen LogP contribution in [-0.2, 0) is 19.9 Å². The Bertz CT molecular complexity index is 1080. The first-order chi connectivity index (χ1) is 16.5. The summed E-state index contributed by atoms with van der Waals surface area (Å²) >= 11 is 11.9. The average Bonchev–Trinajstić information content (AvgIpc) is 2.79. The third-order valence-corrected chi connectivity index (χ3v) is 7.72. The monoisotopic (exact) mass is 528 g/mol. The standard InChI is InChI=1S/C25H25Cl2F3N2O3/c1-35-24(25(28,29)30,17-11-18(26)13-19(27)12-17)22(34)32-9-7-23(8-10-32)14-21(33)31-15-20(23)16-5-3-2-4-6-16/h2-6,11-13,20H,7-10,14-15H2,1H3,(H,31,33)/t20-,24-/m0/s1. The molecule has 1 spiro atoms. The van der Waals surface area contributed by atoms with E-state index in [4.69, 9.17) is 27.9 Å². The van der Waals surface area contributed by atoms with E-state index in [9.17, 15) is 22.8 Å². The number of amides is 2. The van der Waals surface area contributed by atoms with E-state index < -0.39 is 28.7 Å². The lowest BCUT2D eigenvalue weighted by Crippen LogP contribution is -2.60. The van der Waals surface area contributed by atoms with E-state index in [2.05, 4.69) is 5.32 Å². The van der Waals surface area contributed by atoms with Crippen LogP contribution in [0.2, 0.25) is 10.0 Å². The van der Waals surface area contributed by atoms with Gasteiger partial charge in [0, 0.05) is 54.7 Å². The minimum Gasteiger partial charge on any atom is -0.356 e. The first-order valence-electron chi connectivity index (χ1n) is 11.2. The van der Waals surface area contributed by atoms with Gasteiger partial charge in [0.05, 0.1) is 0 Å². The Kier molecular flexibility index (Phi) is 7.10. The highest BCUT2D eigenvalue weighted by Gasteiger charge is 2.64. The van der Waals surface area contributed by atoms with Gasteiger partial charge in [-0.05, 0) is 42.0 Å². The van der Waals surface area contributed by atoms with Gasteiger partial charge >= 0.3 is 6.18 Å². The van der Waals surface area contributed by atoms with Crippen LogP contribution < -0.4 is 5.32 Å². The van der Waals surface area contributed by atoms with Gasteiger partial charge in [-0.1, -0.05) is 53.5 Å². The van der Waals surface area contributed by atoms with Crippen LogP contribution in [0.5, 0.6) is 0 Å². The van der Waals surface area contributed by atoms with Gasteiger partial charge in [-0.3, -0.25) is 9.59 Å². The zero-order chi connectivity index (χ0) is 25.4. The Labute approximate surface area is 211 Å². The van der Waals surface area contributed by atoms with Crippen molar-refractivity contribution in [3.63, 3.8) is 0 Å². The van der Waals surface area contributed by atoms with Crippen LogP contribution in [0.3, 0.4) is 0 Å². The molecule has 2 atom stereocenters. The van der Waals surface area contributed by atoms with Gasteiger partial charge in [-0.25, -0.2) is 0 Å². The van der Waals surface area contributed by atoms with E-state index in [-0.39, 0.29) is 41.4 Å². The number of likely N-dealkylation sites (tertiary alicyclic amines) is 1. The lowest BCUT2D eigenvalue weighted by Gasteiger charge is -2.50. The highest BCUT2D eigenvalue weighted by Crippen LogP contribution is 2.50. The Morgan fingerprint density at radius 3 is 2.23 bits per heavy atom. The molecule has 5 nitrogen and oxygen atoms in total. The molecule has 0 saturated carbocycles. The molecule has 2 saturated heterocycles. The number of hydrogen-bond donors (Lipinski definition) is 1. The molecule has 10 heteroatoms. The summed E-state index contributed by atoms with van der Waals surface area (Å²) in [6.07, 6.45) is -4.04. The third kappa shape index (κ3) is 4.63. The minimum atomic E-state index is -5.07. The summed E-state index contributed by atoms with van der Waals surface area (Å²) in [5, 5.41) is 2.83. The highest BCUT2D eigenvalue weighted by atomic mass is 35.5. The molecule has 2 aromatic rings. The second-order valence-corrected chi connectivity index (χ2v) is 10.0. The van der Waals surface area contributed by atoms with Gasteiger partial charge in [0.2, 0.25) is 5.91 Å². The Morgan fingerprint density at radius 2 is 1.69 bits per heavy atom. The Hall–Kier alpha value is -2.29. The molecule has 0 bridgehead atoms. The molecule has 4 rings (SSSR count). The number of carbonyl (C=O) groups is 2. The molecular formula is C25H25Cl2F3N2O3. The van der Waals surface area contributed by atoms with Crippen molar-refractivity contribution in [1.82, 2.24) is 10.2 Å². The highest BCUT2D eigenvalue weighted by molar-refractivity contribution is 6.34. The van der Waals surface area contributed by atoms with Gasteiger partial charge in [0.1, 0.15) is 0 Å². The Balaban J connectivity index is 1.65. The van der Waals surface area contributed by atoms with Crippen molar-refractivity contribution >= 4 is 35.0 Å². The molecule has 2 aromatic carbocycles. The van der Waals surface area contributed by atoms with Crippen molar-refractivity contribution in [3.8, 4) is 0 Å². The van der Waals surface area contributed by atoms with Crippen LogP contribution >= 0.6 is 23.2 Å². The van der Waals surface area contributed by atoms with Crippen molar-refractivity contribution in [2.45, 2.75) is 37.0 Å². The van der Waals surface area contributed by atoms with Crippen LogP contribution in [0.15, 0.2) is 48.5 Å². The zero-order valence-electron chi connectivity index (χ0n) is 19.0. The number of carbonyl (C=O) groups excluding carboxylic acids is 2. The Morgan fingerprint density at radius 1 is 1.09 bits per heavy atom. The molecule has 2 fully saturated rings. The van der Waals surface area contributed by atoms with Gasteiger partial charge in [0.15, 0.2) is 0 Å². The molecule has 0 radical (unpaired) electrons. The lowest BCUT2D eigenvalue weighted by molar-refractivity contribution is -0.271. The number of hydrogen-bond acceptors (Lipinski definition) is 3. The summed E-state index contributed by atoms with van der Waals surface area (Å²) in [5.41, 5.74) is -3.13. The van der Waals surface area contributed by atoms with E-state index in [1.54, 1.807) is 0 Å². The number of ether oxygens (including phenoxy) is 1. The average molecular weight is 529 g/mol. The van der Waals surface area contributed by atoms with Gasteiger partial charge in [0.25, 0.3) is 11.5 Å². The van der Waals surface area contributed by atoms with E-state index >= 15 is 0 Å². The molecule has 2 aliphatic heterocycles. The summed E-state index contributed by atoms with van der Waals surface area (Å²) in [4.78, 5) is 27.0. The number of halogens is 5. The summed E-state index contributed by atoms with van der Waals surface area (Å²) in [6.45, 7) is 0.568. The first kappa shape index (κ1) is 25.8. The number of piperidine rings is 2. The maximum atomic E-state index is 14.5. The van der Waals surface area contributed by atoms with Crippen LogP contribution in [0.1, 0.15) is 36.3 Å². The molecule has 0 aromatic heterocycles. The van der Waals surface area contributed by atoms with E-state index in [1.165, 1.54) is 11.0 Å². The number of nitrogens with one attached hydrogen (secondary N) is 1. The minimum absolute atomic E-state index is 0.000173. The second-order valence-electron chi connectivity index (χ2n) is 9.14. The number of nitrogens with zero attached hydrogens (tertiary/aromatic N) is 1. The molecule has 188 valence electrons. The van der Waals surface area contributed by atoms with Crippen molar-refractivity contribution in [2.24, 2.45) is 5.41 Å². The third-order valence-electron chi connectivity index (χ3n) is 7.28. The van der Waals surface area contributed by atoms with Crippen LogP contribution in [0.25, 0.3) is 0 Å². The summed E-state index contributed by atoms with van der Waals surface area (Å²) in [6, 6.07) is 13.1. The normalized spacial score (nSPS) is 21.9. The summed E-state index contributed by atoms with van der Waals surface area (Å²) < 4.78 is 48.5. The van der Waals surface area contributed by atoms with E-state index in [0.29, 0.717) is 19.4 Å². The molecule has 2 heterocycles. The number of benzene rings is 2. The fourth-order valence-electron chi connectivity index (χ4n) is 5.48. The molecule has 2 amide bonds. The largest absolute Gasteiger partial charge is 0.430 e. The van der Waals surface area contributed by atoms with Crippen LogP contribution in [0, 0.1) is 5.41 Å². The number of methoxy groups -OCH3 is 1. The number of alkyl halides is 3. The van der Waals surface area contributed by atoms with E-state index in [1.807, 2.05) is 30.3 Å². The van der Waals surface area contributed by atoms with Gasteiger partial charge in [-0.15, -0.1) is 0 Å². The second kappa shape index (κ2) is 9.64. The smallest absolute Gasteiger partial charge is 0.356 e. The number of rotatable bonds is 4. The molecule has 2 aliphatic rings. The van der Waals surface area contributed by atoms with Crippen molar-refractivity contribution in [1.29, 1.82) is 0 Å². The maximum absolute atomic E-state index is 14.5. The predicted octanol–water partition coefficient (Wildman–Crippen LogP) is 5.31. The maximum Gasteiger partial charge on any atom is 0.430 e. The summed E-state index contributed by atoms with van der Waals surface area (Å²) in [7, 11) is 0.850. The topological polar surface area (TPSA) is 58.6 Å². The molecule has 0 unspecified atom stereocenters. The fourth-order valence-corrected chi connectivity index (χ4v) is 6.01. The SMILES string of the molecule is CO[C@](C(=O)N1CCC2(CC1)CC(=O)NC[C@H]2c1ccccc1)(c1cc(Cl)cc(Cl)c1)C(F)(F)F. The van der Waals surface area contributed by atoms with Crippen molar-refractivity contribution in [2.75, 3.05) is 26.7 Å². The summed E-state index contributed by atoms with van der Waals surface area (Å²) in [5.74, 6) is -1.32. The predicted molar refractivity (Wildman–Crippen MR) is 126 cm³/mol. The van der Waals surface area contributed by atoms with E-state index in [0.717, 1.165) is 24.8 Å². The van der Waals surface area contributed by atoms with Crippen LogP contribution in [0.4, 0.5) is 13.2 Å². The molecular weight excluding hydrogens is 504 g/mol. The first-order valence-corrected chi connectivity index (χ1v) is 12.0. The van der Waals surface area contributed by atoms with Crippen LogP contribution in [-0.4, -0.2) is 49.6 Å². The fraction of sp³-hybridized carbons (Fsp3) is 0.440.